The summed E-state index contributed by atoms with van der Waals surface area (Å²) >= 11 is 1.08. The monoisotopic (exact) mass is 334 g/mol. The number of hydrogen-bond donors (Lipinski definition) is 1. The van der Waals surface area contributed by atoms with Crippen molar-refractivity contribution < 1.29 is 19.1 Å². The molecular weight excluding hydrogens is 316 g/mol. The van der Waals surface area contributed by atoms with Crippen LogP contribution in [0, 0.1) is 6.92 Å². The molecule has 0 radical (unpaired) electrons. The molecule has 0 aliphatic carbocycles. The summed E-state index contributed by atoms with van der Waals surface area (Å²) in [6.07, 6.45) is 0.0255. The number of amides is 1. The highest BCUT2D eigenvalue weighted by molar-refractivity contribution is 7.17. The van der Waals surface area contributed by atoms with Crippen molar-refractivity contribution in [3.8, 4) is 5.75 Å². The Morgan fingerprint density at radius 1 is 1.30 bits per heavy atom. The summed E-state index contributed by atoms with van der Waals surface area (Å²) < 4.78 is 10.2. The third-order valence-corrected chi connectivity index (χ3v) is 3.91. The molecule has 0 spiro atoms. The van der Waals surface area contributed by atoms with E-state index in [4.69, 9.17) is 4.74 Å². The molecule has 1 aromatic carbocycles. The lowest BCUT2D eigenvalue weighted by atomic mass is 10.2. The van der Waals surface area contributed by atoms with Gasteiger partial charge in [0.2, 0.25) is 0 Å². The number of aryl methyl sites for hydroxylation is 1. The van der Waals surface area contributed by atoms with E-state index < -0.39 is 5.97 Å². The highest BCUT2D eigenvalue weighted by atomic mass is 32.1. The maximum Gasteiger partial charge on any atom is 0.350 e. The van der Waals surface area contributed by atoms with Gasteiger partial charge >= 0.3 is 5.97 Å². The second-order valence-electron chi connectivity index (χ2n) is 5.07. The Bertz CT molecular complexity index is 725. The van der Waals surface area contributed by atoms with Crippen molar-refractivity contribution in [3.05, 3.63) is 40.4 Å². The number of carbonyl (C=O) groups excluding carboxylic acids is 2. The van der Waals surface area contributed by atoms with Crippen molar-refractivity contribution >= 4 is 28.3 Å². The zero-order valence-corrected chi connectivity index (χ0v) is 14.2. The minimum absolute atomic E-state index is 0.0255. The number of nitrogens with one attached hydrogen (secondary N) is 1. The van der Waals surface area contributed by atoms with Gasteiger partial charge in [-0.15, -0.1) is 0 Å². The minimum atomic E-state index is -0.465. The van der Waals surface area contributed by atoms with Crippen LogP contribution in [-0.2, 0) is 4.74 Å². The van der Waals surface area contributed by atoms with Crippen LogP contribution < -0.4 is 10.1 Å². The third-order valence-electron chi connectivity index (χ3n) is 2.86. The summed E-state index contributed by atoms with van der Waals surface area (Å²) in [5.41, 5.74) is 0.977. The molecule has 0 fully saturated rings. The lowest BCUT2D eigenvalue weighted by molar-refractivity contribution is 0.0605. The first-order valence-electron chi connectivity index (χ1n) is 7.04. The van der Waals surface area contributed by atoms with Gasteiger partial charge in [-0.1, -0.05) is 17.4 Å². The number of aromatic nitrogens is 1. The molecule has 0 aliphatic heterocycles. The van der Waals surface area contributed by atoms with Crippen LogP contribution in [-0.4, -0.2) is 30.1 Å². The Morgan fingerprint density at radius 2 is 2.04 bits per heavy atom. The number of thiazole rings is 1. The molecule has 0 atom stereocenters. The lowest BCUT2D eigenvalue weighted by Crippen LogP contribution is -2.12. The van der Waals surface area contributed by atoms with Crippen molar-refractivity contribution in [1.82, 2.24) is 4.98 Å². The molecule has 23 heavy (non-hydrogen) atoms. The van der Waals surface area contributed by atoms with Crippen molar-refractivity contribution in [2.24, 2.45) is 0 Å². The minimum Gasteiger partial charge on any atom is -0.491 e. The average molecular weight is 334 g/mol. The zero-order valence-electron chi connectivity index (χ0n) is 13.4. The molecule has 0 saturated heterocycles. The Balaban J connectivity index is 2.14. The number of hydrogen-bond acceptors (Lipinski definition) is 6. The molecule has 0 unspecified atom stereocenters. The Labute approximate surface area is 138 Å². The number of nitrogens with zero attached hydrogens (tertiary/aromatic N) is 1. The number of benzene rings is 1. The predicted molar refractivity (Wildman–Crippen MR) is 88.3 cm³/mol. The van der Waals surface area contributed by atoms with E-state index in [9.17, 15) is 9.59 Å². The smallest absolute Gasteiger partial charge is 0.350 e. The van der Waals surface area contributed by atoms with Gasteiger partial charge in [0.1, 0.15) is 10.6 Å². The van der Waals surface area contributed by atoms with Gasteiger partial charge in [-0.2, -0.15) is 0 Å². The summed E-state index contributed by atoms with van der Waals surface area (Å²) in [6.45, 7) is 5.52. The van der Waals surface area contributed by atoms with Gasteiger partial charge < -0.3 is 9.47 Å². The van der Waals surface area contributed by atoms with E-state index in [1.165, 1.54) is 7.11 Å². The Hall–Kier alpha value is -2.41. The van der Waals surface area contributed by atoms with E-state index in [1.54, 1.807) is 31.2 Å². The topological polar surface area (TPSA) is 77.5 Å². The predicted octanol–water partition coefficient (Wildman–Crippen LogP) is 3.28. The summed E-state index contributed by atoms with van der Waals surface area (Å²) in [7, 11) is 1.31. The van der Waals surface area contributed by atoms with Crippen molar-refractivity contribution in [2.75, 3.05) is 12.4 Å². The van der Waals surface area contributed by atoms with Gasteiger partial charge in [-0.3, -0.25) is 10.1 Å². The summed E-state index contributed by atoms with van der Waals surface area (Å²) in [6, 6.07) is 6.89. The second-order valence-corrected chi connectivity index (χ2v) is 6.07. The summed E-state index contributed by atoms with van der Waals surface area (Å²) in [4.78, 5) is 28.4. The van der Waals surface area contributed by atoms with Crippen LogP contribution in [0.1, 0.15) is 39.6 Å². The quantitative estimate of drug-likeness (QED) is 0.849. The van der Waals surface area contributed by atoms with Gasteiger partial charge in [-0.05, 0) is 39.0 Å². The normalized spacial score (nSPS) is 10.5. The molecular formula is C16H18N2O4S. The van der Waals surface area contributed by atoms with Crippen LogP contribution in [0.3, 0.4) is 0 Å². The molecule has 0 bridgehead atoms. The molecule has 1 N–H and O–H groups in total. The number of carbonyl (C=O) groups is 2. The van der Waals surface area contributed by atoms with E-state index in [2.05, 4.69) is 15.0 Å². The first-order valence-corrected chi connectivity index (χ1v) is 7.86. The lowest BCUT2D eigenvalue weighted by Gasteiger charge is -2.10. The Morgan fingerprint density at radius 3 is 2.70 bits per heavy atom. The van der Waals surface area contributed by atoms with E-state index in [-0.39, 0.29) is 12.0 Å². The van der Waals surface area contributed by atoms with E-state index >= 15 is 0 Å². The number of esters is 1. The second kappa shape index (κ2) is 7.23. The highest BCUT2D eigenvalue weighted by Crippen LogP contribution is 2.24. The van der Waals surface area contributed by atoms with Gasteiger partial charge in [0, 0.05) is 5.56 Å². The van der Waals surface area contributed by atoms with Crippen LogP contribution >= 0.6 is 11.3 Å². The molecule has 1 aromatic heterocycles. The summed E-state index contributed by atoms with van der Waals surface area (Å²) in [5.74, 6) is -0.157. The van der Waals surface area contributed by atoms with E-state index in [1.807, 2.05) is 13.8 Å². The molecule has 2 aromatic rings. The van der Waals surface area contributed by atoms with Crippen molar-refractivity contribution in [3.63, 3.8) is 0 Å². The molecule has 2 rings (SSSR count). The number of ether oxygens (including phenoxy) is 2. The SMILES string of the molecule is COC(=O)c1sc(NC(=O)c2cccc(OC(C)C)c2)nc1C. The van der Waals surface area contributed by atoms with Gasteiger partial charge in [-0.25, -0.2) is 9.78 Å². The van der Waals surface area contributed by atoms with Crippen LogP contribution in [0.15, 0.2) is 24.3 Å². The molecule has 1 amide bonds. The van der Waals surface area contributed by atoms with Gasteiger partial charge in [0.15, 0.2) is 5.13 Å². The highest BCUT2D eigenvalue weighted by Gasteiger charge is 2.17. The molecule has 1 heterocycles. The van der Waals surface area contributed by atoms with Gasteiger partial charge in [0.25, 0.3) is 5.91 Å². The average Bonchev–Trinajstić information content (AvgIpc) is 2.86. The molecule has 0 aliphatic rings. The van der Waals surface area contributed by atoms with E-state index in [0.29, 0.717) is 27.0 Å². The Kier molecular flexibility index (Phi) is 5.33. The fourth-order valence-electron chi connectivity index (χ4n) is 1.88. The van der Waals surface area contributed by atoms with Crippen LogP contribution in [0.25, 0.3) is 0 Å². The fraction of sp³-hybridized carbons (Fsp3) is 0.312. The number of methoxy groups -OCH3 is 1. The molecule has 6 nitrogen and oxygen atoms in total. The molecule has 0 saturated carbocycles. The van der Waals surface area contributed by atoms with Crippen LogP contribution in [0.2, 0.25) is 0 Å². The van der Waals surface area contributed by atoms with Crippen molar-refractivity contribution in [1.29, 1.82) is 0 Å². The van der Waals surface area contributed by atoms with Crippen LogP contribution in [0.5, 0.6) is 5.75 Å². The number of rotatable bonds is 5. The maximum absolute atomic E-state index is 12.3. The zero-order chi connectivity index (χ0) is 17.0. The van der Waals surface area contributed by atoms with E-state index in [0.717, 1.165) is 11.3 Å². The maximum atomic E-state index is 12.3. The fourth-order valence-corrected chi connectivity index (χ4v) is 2.76. The summed E-state index contributed by atoms with van der Waals surface area (Å²) in [5, 5.41) is 3.03. The molecule has 7 heteroatoms. The molecule has 122 valence electrons. The first kappa shape index (κ1) is 17.0. The van der Waals surface area contributed by atoms with Crippen molar-refractivity contribution in [2.45, 2.75) is 26.9 Å². The largest absolute Gasteiger partial charge is 0.491 e. The third kappa shape index (κ3) is 4.29. The standard InChI is InChI=1S/C16H18N2O4S/c1-9(2)22-12-7-5-6-11(8-12)14(19)18-16-17-10(3)13(23-16)15(20)21-4/h5-9H,1-4H3,(H,17,18,19). The first-order chi connectivity index (χ1) is 10.9. The number of anilines is 1. The van der Waals surface area contributed by atoms with Crippen LogP contribution in [0.4, 0.5) is 5.13 Å². The van der Waals surface area contributed by atoms with Gasteiger partial charge in [0.05, 0.1) is 18.9 Å².